The van der Waals surface area contributed by atoms with Gasteiger partial charge in [0.05, 0.1) is 12.6 Å². The minimum atomic E-state index is -2.24. The first-order valence-corrected chi connectivity index (χ1v) is 16.8. The normalized spacial score (nSPS) is 16.8. The largest absolute Gasteiger partial charge is 0.488 e. The van der Waals surface area contributed by atoms with Crippen LogP contribution in [0.5, 0.6) is 5.75 Å². The van der Waals surface area contributed by atoms with Gasteiger partial charge in [-0.05, 0) is 67.0 Å². The molecule has 11 heteroatoms. The number of rotatable bonds is 11. The first kappa shape index (κ1) is 35.1. The Morgan fingerprint density at radius 3 is 2.08 bits per heavy atom. The number of ether oxygens (including phenoxy) is 1. The number of benzene rings is 4. The molecular formula is C39H37F5N2O4. The van der Waals surface area contributed by atoms with E-state index >= 15 is 0 Å². The number of hydrogen-bond donors (Lipinski definition) is 1. The van der Waals surface area contributed by atoms with Crippen molar-refractivity contribution < 1.29 is 41.4 Å². The van der Waals surface area contributed by atoms with Crippen LogP contribution < -0.4 is 9.64 Å². The van der Waals surface area contributed by atoms with Crippen molar-refractivity contribution in [2.45, 2.75) is 76.6 Å². The summed E-state index contributed by atoms with van der Waals surface area (Å²) < 4.78 is 77.2. The number of carbonyl (C=O) groups is 2. The lowest BCUT2D eigenvalue weighted by molar-refractivity contribution is -0.123. The molecule has 1 atom stereocenters. The maximum absolute atomic E-state index is 14.7. The number of carboxylic acids is 1. The minimum absolute atomic E-state index is 0.0361. The van der Waals surface area contributed by atoms with E-state index in [-0.39, 0.29) is 37.4 Å². The fourth-order valence-corrected chi connectivity index (χ4v) is 6.99. The number of halogens is 5. The average molecular weight is 693 g/mol. The molecule has 262 valence electrons. The molecule has 1 saturated heterocycles. The Morgan fingerprint density at radius 2 is 1.42 bits per heavy atom. The van der Waals surface area contributed by atoms with Crippen LogP contribution >= 0.6 is 0 Å². The molecule has 1 amide bonds. The first-order chi connectivity index (χ1) is 24.1. The number of aromatic carboxylic acids is 1. The molecule has 1 heterocycles. The second-order valence-corrected chi connectivity index (χ2v) is 12.9. The molecule has 0 aromatic heterocycles. The lowest BCUT2D eigenvalue weighted by Crippen LogP contribution is -2.45. The smallest absolute Gasteiger partial charge is 0.339 e. The van der Waals surface area contributed by atoms with Gasteiger partial charge >= 0.3 is 5.97 Å². The maximum Gasteiger partial charge on any atom is 0.339 e. The number of amides is 1. The highest BCUT2D eigenvalue weighted by atomic mass is 19.2. The van der Waals surface area contributed by atoms with E-state index in [4.69, 9.17) is 4.74 Å². The predicted molar refractivity (Wildman–Crippen MR) is 177 cm³/mol. The van der Waals surface area contributed by atoms with Crippen LogP contribution in [0.15, 0.2) is 72.8 Å². The molecule has 6 rings (SSSR count). The molecule has 1 unspecified atom stereocenters. The number of hydrogen-bond acceptors (Lipinski definition) is 4. The van der Waals surface area contributed by atoms with E-state index in [1.165, 1.54) is 52.8 Å². The van der Waals surface area contributed by atoms with Gasteiger partial charge in [-0.25, -0.2) is 26.7 Å². The summed E-state index contributed by atoms with van der Waals surface area (Å²) in [4.78, 5) is 29.5. The van der Waals surface area contributed by atoms with Crippen LogP contribution in [0.2, 0.25) is 0 Å². The summed E-state index contributed by atoms with van der Waals surface area (Å²) >= 11 is 0. The molecule has 50 heavy (non-hydrogen) atoms. The molecule has 1 N–H and O–H groups in total. The highest BCUT2D eigenvalue weighted by Crippen LogP contribution is 2.35. The Kier molecular flexibility index (Phi) is 10.8. The summed E-state index contributed by atoms with van der Waals surface area (Å²) in [6.07, 6.45) is 6.54. The van der Waals surface area contributed by atoms with Gasteiger partial charge in [0, 0.05) is 23.9 Å². The van der Waals surface area contributed by atoms with Crippen molar-refractivity contribution in [3.05, 3.63) is 130 Å². The quantitative estimate of drug-likeness (QED) is 0.0966. The molecule has 4 aromatic rings. The van der Waals surface area contributed by atoms with Gasteiger partial charge in [0.15, 0.2) is 23.3 Å². The van der Waals surface area contributed by atoms with E-state index in [9.17, 15) is 36.6 Å². The first-order valence-electron chi connectivity index (χ1n) is 16.8. The van der Waals surface area contributed by atoms with E-state index < -0.39 is 59.1 Å². The van der Waals surface area contributed by atoms with E-state index in [0.717, 1.165) is 24.0 Å². The van der Waals surface area contributed by atoms with Crippen LogP contribution in [0.3, 0.4) is 0 Å². The standard InChI is InChI=1S/C39H37F5N2O4/c40-33-30(34(41)36(43)37(44)35(33)42)22-45-19-7-12-31(45)38(47)46(21-24-13-15-27(16-14-24)26-10-5-2-6-11-26)28-17-18-29(39(48)49)32(20-28)50-23-25-8-3-1-4-9-25/h1,3-4,8-9,13-18,20,26,31H,2,5-7,10-12,19,21-23H2,(H,48,49). The molecule has 6 nitrogen and oxygen atoms in total. The lowest BCUT2D eigenvalue weighted by atomic mass is 9.84. The molecule has 2 aliphatic rings. The Balaban J connectivity index is 1.33. The summed E-state index contributed by atoms with van der Waals surface area (Å²) in [5.74, 6) is -11.4. The van der Waals surface area contributed by atoms with Crippen LogP contribution in [0.4, 0.5) is 27.6 Å². The van der Waals surface area contributed by atoms with Crippen molar-refractivity contribution in [1.82, 2.24) is 4.90 Å². The number of anilines is 1. The second-order valence-electron chi connectivity index (χ2n) is 12.9. The van der Waals surface area contributed by atoms with E-state index in [1.807, 2.05) is 42.5 Å². The van der Waals surface area contributed by atoms with Crippen LogP contribution in [0, 0.1) is 29.1 Å². The summed E-state index contributed by atoms with van der Waals surface area (Å²) in [6.45, 7) is -0.348. The monoisotopic (exact) mass is 692 g/mol. The van der Waals surface area contributed by atoms with Gasteiger partial charge < -0.3 is 14.7 Å². The van der Waals surface area contributed by atoms with Gasteiger partial charge in [0.1, 0.15) is 17.9 Å². The molecule has 4 aromatic carbocycles. The van der Waals surface area contributed by atoms with Crippen molar-refractivity contribution in [3.63, 3.8) is 0 Å². The van der Waals surface area contributed by atoms with Gasteiger partial charge in [-0.2, -0.15) is 0 Å². The number of carbonyl (C=O) groups excluding carboxylic acids is 1. The average Bonchev–Trinajstić information content (AvgIpc) is 3.62. The zero-order chi connectivity index (χ0) is 35.4. The van der Waals surface area contributed by atoms with E-state index in [0.29, 0.717) is 18.0 Å². The van der Waals surface area contributed by atoms with Gasteiger partial charge in [0.25, 0.3) is 0 Å². The molecule has 0 spiro atoms. The molecule has 1 saturated carbocycles. The molecule has 1 aliphatic heterocycles. The Labute approximate surface area is 287 Å². The highest BCUT2D eigenvalue weighted by Gasteiger charge is 2.37. The highest BCUT2D eigenvalue weighted by molar-refractivity contribution is 5.99. The van der Waals surface area contributed by atoms with Gasteiger partial charge in [-0.15, -0.1) is 0 Å². The van der Waals surface area contributed by atoms with Gasteiger partial charge in [-0.1, -0.05) is 73.9 Å². The van der Waals surface area contributed by atoms with Crippen molar-refractivity contribution in [2.24, 2.45) is 0 Å². The zero-order valence-electron chi connectivity index (χ0n) is 27.3. The van der Waals surface area contributed by atoms with Gasteiger partial charge in [0.2, 0.25) is 11.7 Å². The van der Waals surface area contributed by atoms with E-state index in [2.05, 4.69) is 12.1 Å². The van der Waals surface area contributed by atoms with Crippen molar-refractivity contribution in [2.75, 3.05) is 11.4 Å². The van der Waals surface area contributed by atoms with Crippen LogP contribution in [-0.4, -0.2) is 34.5 Å². The summed E-state index contributed by atoms with van der Waals surface area (Å²) in [5, 5.41) is 9.91. The van der Waals surface area contributed by atoms with Crippen molar-refractivity contribution >= 4 is 17.6 Å². The topological polar surface area (TPSA) is 70.1 Å². The van der Waals surface area contributed by atoms with E-state index in [1.54, 1.807) is 0 Å². The fourth-order valence-electron chi connectivity index (χ4n) is 6.99. The molecular weight excluding hydrogens is 655 g/mol. The molecule has 0 radical (unpaired) electrons. The molecule has 1 aliphatic carbocycles. The van der Waals surface area contributed by atoms with Crippen LogP contribution in [0.1, 0.15) is 83.5 Å². The second kappa shape index (κ2) is 15.4. The van der Waals surface area contributed by atoms with Crippen LogP contribution in [0.25, 0.3) is 0 Å². The third-order valence-electron chi connectivity index (χ3n) is 9.72. The number of nitrogens with zero attached hydrogens (tertiary/aromatic N) is 2. The van der Waals surface area contributed by atoms with Crippen LogP contribution in [-0.2, 0) is 24.5 Å². The fraction of sp³-hybridized carbons (Fsp3) is 0.333. The number of likely N-dealkylation sites (tertiary alicyclic amines) is 1. The maximum atomic E-state index is 14.7. The minimum Gasteiger partial charge on any atom is -0.488 e. The third-order valence-corrected chi connectivity index (χ3v) is 9.72. The molecule has 2 fully saturated rings. The lowest BCUT2D eigenvalue weighted by Gasteiger charge is -2.31. The predicted octanol–water partition coefficient (Wildman–Crippen LogP) is 8.90. The SMILES string of the molecule is O=C(O)c1ccc(N(Cc2ccc(C3CCCCC3)cc2)C(=O)C2CCCN2Cc2c(F)c(F)c(F)c(F)c2F)cc1OCc1ccccc1. The summed E-state index contributed by atoms with van der Waals surface area (Å²) in [5.41, 5.74) is 2.02. The third kappa shape index (κ3) is 7.52. The molecule has 0 bridgehead atoms. The Bertz CT molecular complexity index is 1820. The summed E-state index contributed by atoms with van der Waals surface area (Å²) in [7, 11) is 0. The zero-order valence-corrected chi connectivity index (χ0v) is 27.3. The number of carboxylic acid groups (broad SMARTS) is 1. The van der Waals surface area contributed by atoms with Gasteiger partial charge in [-0.3, -0.25) is 9.69 Å². The summed E-state index contributed by atoms with van der Waals surface area (Å²) in [6, 6.07) is 20.5. The van der Waals surface area contributed by atoms with Crippen molar-refractivity contribution in [3.8, 4) is 5.75 Å². The Morgan fingerprint density at radius 1 is 0.760 bits per heavy atom. The van der Waals surface area contributed by atoms with Crippen molar-refractivity contribution in [1.29, 1.82) is 0 Å². The Hall–Kier alpha value is -4.77.